The Morgan fingerprint density at radius 3 is 2.67 bits per heavy atom. The Labute approximate surface area is 91.7 Å². The van der Waals surface area contributed by atoms with Gasteiger partial charge in [-0.15, -0.1) is 0 Å². The molecule has 0 heterocycles. The van der Waals surface area contributed by atoms with Crippen LogP contribution in [0.5, 0.6) is 0 Å². The van der Waals surface area contributed by atoms with E-state index in [2.05, 4.69) is 36.5 Å². The summed E-state index contributed by atoms with van der Waals surface area (Å²) in [6.45, 7) is 3.93. The van der Waals surface area contributed by atoms with Crippen molar-refractivity contribution >= 4 is 6.29 Å². The Kier molecular flexibility index (Phi) is 5.71. The summed E-state index contributed by atoms with van der Waals surface area (Å²) < 4.78 is 0. The Morgan fingerprint density at radius 2 is 2.07 bits per heavy atom. The molecular weight excluding hydrogens is 186 g/mol. The molecule has 1 aromatic carbocycles. The molecule has 0 aliphatic carbocycles. The van der Waals surface area contributed by atoms with Gasteiger partial charge < -0.3 is 10.1 Å². The van der Waals surface area contributed by atoms with Gasteiger partial charge in [0.15, 0.2) is 0 Å². The maximum Gasteiger partial charge on any atom is 0.121 e. The van der Waals surface area contributed by atoms with Crippen LogP contribution >= 0.6 is 0 Å². The van der Waals surface area contributed by atoms with E-state index in [1.165, 1.54) is 5.56 Å². The van der Waals surface area contributed by atoms with Crippen molar-refractivity contribution in [1.29, 1.82) is 0 Å². The molecule has 0 saturated heterocycles. The SMILES string of the molecule is CCC(CNCCC=O)c1ccccc1. The summed E-state index contributed by atoms with van der Waals surface area (Å²) in [7, 11) is 0. The van der Waals surface area contributed by atoms with Crippen LogP contribution in [0, 0.1) is 0 Å². The normalized spacial score (nSPS) is 12.3. The minimum absolute atomic E-state index is 0.554. The van der Waals surface area contributed by atoms with E-state index >= 15 is 0 Å². The highest BCUT2D eigenvalue weighted by Gasteiger charge is 2.07. The molecule has 2 heteroatoms. The molecule has 1 aromatic rings. The number of rotatable bonds is 7. The van der Waals surface area contributed by atoms with E-state index < -0.39 is 0 Å². The molecule has 0 aliphatic rings. The van der Waals surface area contributed by atoms with Gasteiger partial charge in [0, 0.05) is 19.5 Å². The highest BCUT2D eigenvalue weighted by atomic mass is 16.1. The van der Waals surface area contributed by atoms with E-state index in [1.54, 1.807) is 0 Å². The lowest BCUT2D eigenvalue weighted by molar-refractivity contribution is -0.107. The number of carbonyl (C=O) groups excluding carboxylic acids is 1. The third-order valence-electron chi connectivity index (χ3n) is 2.59. The lowest BCUT2D eigenvalue weighted by Crippen LogP contribution is -2.22. The lowest BCUT2D eigenvalue weighted by Gasteiger charge is -2.15. The van der Waals surface area contributed by atoms with Crippen LogP contribution in [0.15, 0.2) is 30.3 Å². The van der Waals surface area contributed by atoms with Gasteiger partial charge in [-0.2, -0.15) is 0 Å². The zero-order valence-corrected chi connectivity index (χ0v) is 9.28. The maximum absolute atomic E-state index is 10.1. The van der Waals surface area contributed by atoms with Crippen LogP contribution in [0.1, 0.15) is 31.2 Å². The summed E-state index contributed by atoms with van der Waals surface area (Å²) in [6.07, 6.45) is 2.68. The number of hydrogen-bond acceptors (Lipinski definition) is 2. The molecule has 0 saturated carbocycles. The predicted molar refractivity (Wildman–Crippen MR) is 63.0 cm³/mol. The van der Waals surface area contributed by atoms with Crippen LogP contribution in [-0.4, -0.2) is 19.4 Å². The van der Waals surface area contributed by atoms with Crippen LogP contribution in [-0.2, 0) is 4.79 Å². The number of aldehydes is 1. The summed E-state index contributed by atoms with van der Waals surface area (Å²) in [5.41, 5.74) is 1.37. The maximum atomic E-state index is 10.1. The molecule has 82 valence electrons. The quantitative estimate of drug-likeness (QED) is 0.547. The smallest absolute Gasteiger partial charge is 0.121 e. The fourth-order valence-electron chi connectivity index (χ4n) is 1.66. The molecule has 0 spiro atoms. The second-order valence-corrected chi connectivity index (χ2v) is 3.68. The third-order valence-corrected chi connectivity index (χ3v) is 2.59. The molecule has 0 radical (unpaired) electrons. The van der Waals surface area contributed by atoms with Crippen molar-refractivity contribution < 1.29 is 4.79 Å². The first-order chi connectivity index (χ1) is 7.38. The third kappa shape index (κ3) is 4.26. The van der Waals surface area contributed by atoms with Gasteiger partial charge in [-0.05, 0) is 17.9 Å². The summed E-state index contributed by atoms with van der Waals surface area (Å²) in [4.78, 5) is 10.1. The number of hydrogen-bond donors (Lipinski definition) is 1. The molecule has 0 aromatic heterocycles. The second kappa shape index (κ2) is 7.18. The van der Waals surface area contributed by atoms with Crippen molar-refractivity contribution in [3.8, 4) is 0 Å². The van der Waals surface area contributed by atoms with Crippen LogP contribution in [0.2, 0.25) is 0 Å². The fourth-order valence-corrected chi connectivity index (χ4v) is 1.66. The molecule has 1 rings (SSSR count). The molecule has 1 atom stereocenters. The van der Waals surface area contributed by atoms with Gasteiger partial charge >= 0.3 is 0 Å². The predicted octanol–water partition coefficient (Wildman–Crippen LogP) is 2.36. The minimum Gasteiger partial charge on any atom is -0.316 e. The largest absolute Gasteiger partial charge is 0.316 e. The molecule has 0 bridgehead atoms. The molecule has 0 aliphatic heterocycles. The van der Waals surface area contributed by atoms with Crippen molar-refractivity contribution in [3.05, 3.63) is 35.9 Å². The first-order valence-electron chi connectivity index (χ1n) is 5.57. The molecule has 1 unspecified atom stereocenters. The van der Waals surface area contributed by atoms with Crippen LogP contribution in [0.4, 0.5) is 0 Å². The Bertz CT molecular complexity index is 271. The number of carbonyl (C=O) groups is 1. The van der Waals surface area contributed by atoms with E-state index in [0.717, 1.165) is 25.8 Å². The van der Waals surface area contributed by atoms with E-state index in [9.17, 15) is 4.79 Å². The van der Waals surface area contributed by atoms with E-state index in [1.807, 2.05) is 6.07 Å². The van der Waals surface area contributed by atoms with Gasteiger partial charge in [-0.25, -0.2) is 0 Å². The van der Waals surface area contributed by atoms with Crippen LogP contribution in [0.25, 0.3) is 0 Å². The zero-order valence-electron chi connectivity index (χ0n) is 9.28. The van der Waals surface area contributed by atoms with Gasteiger partial charge in [-0.3, -0.25) is 0 Å². The molecule has 2 nitrogen and oxygen atoms in total. The summed E-state index contributed by atoms with van der Waals surface area (Å²) in [5.74, 6) is 0.554. The van der Waals surface area contributed by atoms with Crippen molar-refractivity contribution in [3.63, 3.8) is 0 Å². The summed E-state index contributed by atoms with van der Waals surface area (Å²) in [6, 6.07) is 10.5. The Hall–Kier alpha value is -1.15. The van der Waals surface area contributed by atoms with E-state index in [-0.39, 0.29) is 0 Å². The van der Waals surface area contributed by atoms with Gasteiger partial charge in [0.2, 0.25) is 0 Å². The lowest BCUT2D eigenvalue weighted by atomic mass is 9.96. The zero-order chi connectivity index (χ0) is 10.9. The Morgan fingerprint density at radius 1 is 1.33 bits per heavy atom. The molecule has 15 heavy (non-hydrogen) atoms. The molecule has 1 N–H and O–H groups in total. The topological polar surface area (TPSA) is 29.1 Å². The highest BCUT2D eigenvalue weighted by molar-refractivity contribution is 5.49. The Balaban J connectivity index is 2.39. The van der Waals surface area contributed by atoms with E-state index in [4.69, 9.17) is 0 Å². The second-order valence-electron chi connectivity index (χ2n) is 3.68. The minimum atomic E-state index is 0.554. The molecule has 0 fully saturated rings. The van der Waals surface area contributed by atoms with Crippen molar-refractivity contribution in [2.45, 2.75) is 25.7 Å². The number of nitrogens with one attached hydrogen (secondary N) is 1. The van der Waals surface area contributed by atoms with Gasteiger partial charge in [0.25, 0.3) is 0 Å². The summed E-state index contributed by atoms with van der Waals surface area (Å²) in [5, 5.41) is 3.30. The average molecular weight is 205 g/mol. The first-order valence-corrected chi connectivity index (χ1v) is 5.57. The molecule has 0 amide bonds. The van der Waals surface area contributed by atoms with Gasteiger partial charge in [0.1, 0.15) is 6.29 Å². The first kappa shape index (κ1) is 11.9. The van der Waals surface area contributed by atoms with Crippen molar-refractivity contribution in [1.82, 2.24) is 5.32 Å². The van der Waals surface area contributed by atoms with Crippen molar-refractivity contribution in [2.24, 2.45) is 0 Å². The van der Waals surface area contributed by atoms with Gasteiger partial charge in [0.05, 0.1) is 0 Å². The highest BCUT2D eigenvalue weighted by Crippen LogP contribution is 2.17. The monoisotopic (exact) mass is 205 g/mol. The fraction of sp³-hybridized carbons (Fsp3) is 0.462. The average Bonchev–Trinajstić information content (AvgIpc) is 2.30. The van der Waals surface area contributed by atoms with Gasteiger partial charge in [-0.1, -0.05) is 37.3 Å². The van der Waals surface area contributed by atoms with Crippen LogP contribution in [0.3, 0.4) is 0 Å². The van der Waals surface area contributed by atoms with Crippen LogP contribution < -0.4 is 5.32 Å². The standard InChI is InChI=1S/C13H19NO/c1-2-12(11-14-9-6-10-15)13-7-4-3-5-8-13/h3-5,7-8,10,12,14H,2,6,9,11H2,1H3. The van der Waals surface area contributed by atoms with Crippen molar-refractivity contribution in [2.75, 3.05) is 13.1 Å². The van der Waals surface area contributed by atoms with E-state index in [0.29, 0.717) is 12.3 Å². The summed E-state index contributed by atoms with van der Waals surface area (Å²) >= 11 is 0. The number of benzene rings is 1. The molecular formula is C13H19NO.